The molecule has 0 unspecified atom stereocenters. The second kappa shape index (κ2) is 6.54. The Kier molecular flexibility index (Phi) is 4.51. The molecule has 3 rings (SSSR count). The second-order valence-corrected chi connectivity index (χ2v) is 6.06. The van der Waals surface area contributed by atoms with E-state index in [0.717, 1.165) is 30.3 Å². The Balaban J connectivity index is 2.18. The standard InChI is InChI=1S/C18H21NOS/c20-12-6-11-19-16-10-5-4-9-15(16)18(21)13-17(19)14-7-2-1-3-8-14/h1-3,7-8,13,20H,4-6,9-12H2. The smallest absolute Gasteiger partial charge is 0.0496 e. The molecule has 1 N–H and O–H groups in total. The van der Waals surface area contributed by atoms with Crippen molar-refractivity contribution in [1.82, 2.24) is 4.57 Å². The molecule has 1 aliphatic carbocycles. The molecule has 0 fully saturated rings. The minimum atomic E-state index is 0.228. The van der Waals surface area contributed by atoms with Gasteiger partial charge in [-0.05, 0) is 49.3 Å². The Morgan fingerprint density at radius 3 is 2.62 bits per heavy atom. The van der Waals surface area contributed by atoms with Gasteiger partial charge in [0.2, 0.25) is 0 Å². The number of hydrogen-bond acceptors (Lipinski definition) is 2. The van der Waals surface area contributed by atoms with E-state index < -0.39 is 0 Å². The number of aliphatic hydroxyl groups excluding tert-OH is 1. The summed E-state index contributed by atoms with van der Waals surface area (Å²) in [5, 5.41) is 9.21. The summed E-state index contributed by atoms with van der Waals surface area (Å²) < 4.78 is 3.39. The summed E-state index contributed by atoms with van der Waals surface area (Å²) >= 11 is 5.64. The molecule has 2 nitrogen and oxygen atoms in total. The molecule has 0 saturated carbocycles. The Morgan fingerprint density at radius 1 is 1.10 bits per heavy atom. The average molecular weight is 299 g/mol. The van der Waals surface area contributed by atoms with Gasteiger partial charge in [0.15, 0.2) is 0 Å². The molecule has 1 aromatic heterocycles. The minimum absolute atomic E-state index is 0.228. The van der Waals surface area contributed by atoms with E-state index in [1.165, 1.54) is 35.4 Å². The predicted molar refractivity (Wildman–Crippen MR) is 89.0 cm³/mol. The summed E-state index contributed by atoms with van der Waals surface area (Å²) in [6.07, 6.45) is 5.46. The van der Waals surface area contributed by atoms with Crippen molar-refractivity contribution in [2.45, 2.75) is 38.6 Å². The summed E-state index contributed by atoms with van der Waals surface area (Å²) in [6.45, 7) is 1.09. The van der Waals surface area contributed by atoms with Crippen molar-refractivity contribution in [1.29, 1.82) is 0 Å². The maximum atomic E-state index is 9.21. The fourth-order valence-electron chi connectivity index (χ4n) is 3.22. The number of pyridine rings is 1. The van der Waals surface area contributed by atoms with Crippen LogP contribution >= 0.6 is 12.2 Å². The highest BCUT2D eigenvalue weighted by atomic mass is 32.1. The first kappa shape index (κ1) is 14.5. The zero-order valence-corrected chi connectivity index (χ0v) is 13.0. The number of hydrogen-bond donors (Lipinski definition) is 1. The summed E-state index contributed by atoms with van der Waals surface area (Å²) in [5.74, 6) is 0. The predicted octanol–water partition coefficient (Wildman–Crippen LogP) is 4.15. The topological polar surface area (TPSA) is 25.2 Å². The maximum absolute atomic E-state index is 9.21. The van der Waals surface area contributed by atoms with Crippen molar-refractivity contribution in [2.75, 3.05) is 6.61 Å². The molecule has 1 aliphatic rings. The highest BCUT2D eigenvalue weighted by Gasteiger charge is 2.17. The Bertz CT molecular complexity index is 676. The third kappa shape index (κ3) is 2.94. The lowest BCUT2D eigenvalue weighted by atomic mass is 9.94. The van der Waals surface area contributed by atoms with Crippen molar-refractivity contribution in [3.8, 4) is 11.3 Å². The van der Waals surface area contributed by atoms with Gasteiger partial charge in [-0.3, -0.25) is 0 Å². The van der Waals surface area contributed by atoms with Crippen LogP contribution in [0.4, 0.5) is 0 Å². The van der Waals surface area contributed by atoms with Crippen LogP contribution in [0.2, 0.25) is 0 Å². The largest absolute Gasteiger partial charge is 0.396 e. The van der Waals surface area contributed by atoms with Crippen LogP contribution in [0.1, 0.15) is 30.5 Å². The molecule has 2 aromatic rings. The van der Waals surface area contributed by atoms with E-state index in [2.05, 4.69) is 34.9 Å². The number of rotatable bonds is 4. The third-order valence-corrected chi connectivity index (χ3v) is 4.59. The van der Waals surface area contributed by atoms with E-state index in [-0.39, 0.29) is 6.61 Å². The van der Waals surface area contributed by atoms with Crippen molar-refractivity contribution in [3.63, 3.8) is 0 Å². The van der Waals surface area contributed by atoms with Gasteiger partial charge in [0.1, 0.15) is 0 Å². The van der Waals surface area contributed by atoms with Gasteiger partial charge < -0.3 is 9.67 Å². The van der Waals surface area contributed by atoms with Crippen LogP contribution in [0.3, 0.4) is 0 Å². The van der Waals surface area contributed by atoms with Gasteiger partial charge in [0, 0.05) is 29.0 Å². The van der Waals surface area contributed by atoms with Crippen molar-refractivity contribution < 1.29 is 5.11 Å². The Labute approximate surface area is 131 Å². The fourth-order valence-corrected chi connectivity index (χ4v) is 3.55. The Morgan fingerprint density at radius 2 is 1.86 bits per heavy atom. The lowest BCUT2D eigenvalue weighted by Crippen LogP contribution is -2.17. The highest BCUT2D eigenvalue weighted by Crippen LogP contribution is 2.29. The molecule has 0 saturated heterocycles. The molecule has 0 atom stereocenters. The van der Waals surface area contributed by atoms with E-state index in [0.29, 0.717) is 0 Å². The zero-order valence-electron chi connectivity index (χ0n) is 12.2. The molecule has 0 radical (unpaired) electrons. The summed E-state index contributed by atoms with van der Waals surface area (Å²) in [4.78, 5) is 0. The van der Waals surface area contributed by atoms with E-state index in [4.69, 9.17) is 12.2 Å². The van der Waals surface area contributed by atoms with Crippen LogP contribution in [0.25, 0.3) is 11.3 Å². The molecule has 0 bridgehead atoms. The van der Waals surface area contributed by atoms with Crippen LogP contribution in [-0.2, 0) is 19.4 Å². The van der Waals surface area contributed by atoms with Crippen molar-refractivity contribution in [2.24, 2.45) is 0 Å². The van der Waals surface area contributed by atoms with Gasteiger partial charge in [0.25, 0.3) is 0 Å². The third-order valence-electron chi connectivity index (χ3n) is 4.23. The molecule has 0 amide bonds. The Hall–Kier alpha value is -1.45. The zero-order chi connectivity index (χ0) is 14.7. The molecule has 0 spiro atoms. The van der Waals surface area contributed by atoms with Gasteiger partial charge in [-0.2, -0.15) is 0 Å². The minimum Gasteiger partial charge on any atom is -0.396 e. The van der Waals surface area contributed by atoms with Crippen molar-refractivity contribution in [3.05, 3.63) is 52.2 Å². The van der Waals surface area contributed by atoms with Crippen LogP contribution in [0.5, 0.6) is 0 Å². The van der Waals surface area contributed by atoms with Gasteiger partial charge in [0.05, 0.1) is 0 Å². The SMILES string of the molecule is OCCCn1c(-c2ccccc2)cc(=S)c2c1CCCC2. The summed E-state index contributed by atoms with van der Waals surface area (Å²) in [7, 11) is 0. The highest BCUT2D eigenvalue weighted by molar-refractivity contribution is 7.71. The first-order valence-electron chi connectivity index (χ1n) is 7.73. The van der Waals surface area contributed by atoms with Crippen LogP contribution < -0.4 is 0 Å². The first-order valence-corrected chi connectivity index (χ1v) is 8.14. The fraction of sp³-hybridized carbons (Fsp3) is 0.389. The molecule has 1 aromatic carbocycles. The molecular weight excluding hydrogens is 278 g/mol. The number of fused-ring (bicyclic) bond motifs is 1. The van der Waals surface area contributed by atoms with Crippen LogP contribution in [-0.4, -0.2) is 16.3 Å². The summed E-state index contributed by atoms with van der Waals surface area (Å²) in [5.41, 5.74) is 5.14. The van der Waals surface area contributed by atoms with Gasteiger partial charge in [-0.1, -0.05) is 42.5 Å². The number of aliphatic hydroxyl groups is 1. The van der Waals surface area contributed by atoms with E-state index in [9.17, 15) is 5.11 Å². The van der Waals surface area contributed by atoms with Crippen LogP contribution in [0, 0.1) is 4.51 Å². The van der Waals surface area contributed by atoms with Gasteiger partial charge >= 0.3 is 0 Å². The number of nitrogens with zero attached hydrogens (tertiary/aromatic N) is 1. The molecule has 21 heavy (non-hydrogen) atoms. The number of benzene rings is 1. The maximum Gasteiger partial charge on any atom is 0.0496 e. The van der Waals surface area contributed by atoms with Crippen LogP contribution in [0.15, 0.2) is 36.4 Å². The summed E-state index contributed by atoms with van der Waals surface area (Å²) in [6, 6.07) is 12.6. The normalized spacial score (nSPS) is 14.0. The lowest BCUT2D eigenvalue weighted by Gasteiger charge is -2.25. The molecule has 0 aliphatic heterocycles. The van der Waals surface area contributed by atoms with E-state index >= 15 is 0 Å². The van der Waals surface area contributed by atoms with E-state index in [1.807, 2.05) is 6.07 Å². The number of aromatic nitrogens is 1. The first-order chi connectivity index (χ1) is 10.3. The second-order valence-electron chi connectivity index (χ2n) is 5.62. The molecule has 1 heterocycles. The average Bonchev–Trinajstić information content (AvgIpc) is 2.55. The van der Waals surface area contributed by atoms with Crippen molar-refractivity contribution >= 4 is 12.2 Å². The molecule has 3 heteroatoms. The quantitative estimate of drug-likeness (QED) is 0.858. The lowest BCUT2D eigenvalue weighted by molar-refractivity contribution is 0.279. The molecular formula is C18H21NOS. The van der Waals surface area contributed by atoms with E-state index in [1.54, 1.807) is 0 Å². The monoisotopic (exact) mass is 299 g/mol. The van der Waals surface area contributed by atoms with Gasteiger partial charge in [-0.15, -0.1) is 0 Å². The van der Waals surface area contributed by atoms with Gasteiger partial charge in [-0.25, -0.2) is 0 Å². The molecule has 110 valence electrons.